The minimum Gasteiger partial charge on any atom is -0.354 e. The molecule has 7 nitrogen and oxygen atoms in total. The molecule has 2 rings (SSSR count). The van der Waals surface area contributed by atoms with Gasteiger partial charge >= 0.3 is 6.18 Å². The van der Waals surface area contributed by atoms with E-state index in [4.69, 9.17) is 34.8 Å². The summed E-state index contributed by atoms with van der Waals surface area (Å²) >= 11 is 18.2. The second-order valence-corrected chi connectivity index (χ2v) is 11.9. The third-order valence-electron chi connectivity index (χ3n) is 5.77. The van der Waals surface area contributed by atoms with Crippen molar-refractivity contribution < 1.29 is 31.2 Å². The van der Waals surface area contributed by atoms with Gasteiger partial charge in [0, 0.05) is 13.1 Å². The van der Waals surface area contributed by atoms with Crippen LogP contribution in [0.3, 0.4) is 0 Å². The molecule has 2 aromatic carbocycles. The first-order chi connectivity index (χ1) is 18.1. The first-order valence-electron chi connectivity index (χ1n) is 12.0. The van der Waals surface area contributed by atoms with Gasteiger partial charge in [-0.25, -0.2) is 8.42 Å². The van der Waals surface area contributed by atoms with Crippen molar-refractivity contribution in [1.82, 2.24) is 10.2 Å². The Morgan fingerprint density at radius 2 is 1.64 bits per heavy atom. The van der Waals surface area contributed by atoms with Crippen LogP contribution in [0.25, 0.3) is 0 Å². The maximum atomic E-state index is 13.7. The number of alkyl halides is 3. The van der Waals surface area contributed by atoms with Gasteiger partial charge in [0.05, 0.1) is 32.6 Å². The summed E-state index contributed by atoms with van der Waals surface area (Å²) in [6.45, 7) is 2.94. The van der Waals surface area contributed by atoms with Crippen LogP contribution in [-0.4, -0.2) is 50.5 Å². The fourth-order valence-electron chi connectivity index (χ4n) is 3.74. The minimum absolute atomic E-state index is 0.149. The van der Waals surface area contributed by atoms with E-state index in [9.17, 15) is 31.2 Å². The summed E-state index contributed by atoms with van der Waals surface area (Å²) in [4.78, 5) is 27.9. The standard InChI is InChI=1S/C25H29Cl3F3N3O4S/c1-4-6-11-32-24(36)21(5-2)33(14-16-7-9-18(26)20(28)12-16)23(35)15-34(39(3,37)38)22-13-17(25(29,30)31)8-10-19(22)27/h7-10,12-13,21H,4-6,11,14-15H2,1-3H3,(H,32,36)/t21-/m1/s1. The van der Waals surface area contributed by atoms with Gasteiger partial charge in [0.25, 0.3) is 0 Å². The van der Waals surface area contributed by atoms with Gasteiger partial charge in [-0.05, 0) is 48.7 Å². The Kier molecular flexibility index (Phi) is 11.8. The quantitative estimate of drug-likeness (QED) is 0.285. The predicted molar refractivity (Wildman–Crippen MR) is 148 cm³/mol. The van der Waals surface area contributed by atoms with Crippen molar-refractivity contribution in [3.8, 4) is 0 Å². The number of amides is 2. The van der Waals surface area contributed by atoms with Crippen molar-refractivity contribution >= 4 is 62.3 Å². The second-order valence-electron chi connectivity index (χ2n) is 8.77. The van der Waals surface area contributed by atoms with Crippen molar-refractivity contribution in [2.45, 2.75) is 51.9 Å². The maximum Gasteiger partial charge on any atom is 0.416 e. The summed E-state index contributed by atoms with van der Waals surface area (Å²) in [5, 5.41) is 2.94. The van der Waals surface area contributed by atoms with Crippen LogP contribution in [-0.2, 0) is 32.3 Å². The first kappa shape index (κ1) is 33.0. The SMILES string of the molecule is CCCCNC(=O)[C@@H](CC)N(Cc1ccc(Cl)c(Cl)c1)C(=O)CN(c1cc(C(F)(F)F)ccc1Cl)S(C)(=O)=O. The summed E-state index contributed by atoms with van der Waals surface area (Å²) < 4.78 is 66.0. The third-order valence-corrected chi connectivity index (χ3v) is 7.96. The molecular formula is C25H29Cl3F3N3O4S. The van der Waals surface area contributed by atoms with E-state index in [1.54, 1.807) is 13.0 Å². The van der Waals surface area contributed by atoms with E-state index >= 15 is 0 Å². The number of carbonyl (C=O) groups excluding carboxylic acids is 2. The van der Waals surface area contributed by atoms with Crippen LogP contribution in [0.4, 0.5) is 18.9 Å². The lowest BCUT2D eigenvalue weighted by molar-refractivity contribution is -0.140. The molecule has 216 valence electrons. The van der Waals surface area contributed by atoms with Crippen LogP contribution in [0.5, 0.6) is 0 Å². The van der Waals surface area contributed by atoms with Gasteiger partial charge in [-0.3, -0.25) is 13.9 Å². The van der Waals surface area contributed by atoms with Crippen LogP contribution < -0.4 is 9.62 Å². The molecule has 2 aromatic rings. The average Bonchev–Trinajstić information content (AvgIpc) is 2.83. The van der Waals surface area contributed by atoms with Crippen molar-refractivity contribution in [2.75, 3.05) is 23.7 Å². The number of carbonyl (C=O) groups is 2. The molecule has 1 N–H and O–H groups in total. The van der Waals surface area contributed by atoms with Crippen LogP contribution in [0.15, 0.2) is 36.4 Å². The predicted octanol–water partition coefficient (Wildman–Crippen LogP) is 6.16. The normalized spacial score (nSPS) is 12.6. The molecule has 14 heteroatoms. The highest BCUT2D eigenvalue weighted by molar-refractivity contribution is 7.92. The first-order valence-corrected chi connectivity index (χ1v) is 14.9. The molecule has 0 aliphatic carbocycles. The molecule has 0 bridgehead atoms. The van der Waals surface area contributed by atoms with Crippen molar-refractivity contribution in [3.05, 3.63) is 62.6 Å². The lowest BCUT2D eigenvalue weighted by Gasteiger charge is -2.33. The zero-order valence-electron chi connectivity index (χ0n) is 21.5. The van der Waals surface area contributed by atoms with E-state index in [-0.39, 0.29) is 28.0 Å². The molecule has 0 spiro atoms. The van der Waals surface area contributed by atoms with Gasteiger partial charge < -0.3 is 10.2 Å². The Labute approximate surface area is 241 Å². The number of unbranched alkanes of at least 4 members (excludes halogenated alkanes) is 1. The van der Waals surface area contributed by atoms with Gasteiger partial charge in [0.15, 0.2) is 0 Å². The topological polar surface area (TPSA) is 86.8 Å². The Morgan fingerprint density at radius 3 is 2.18 bits per heavy atom. The van der Waals surface area contributed by atoms with E-state index in [0.29, 0.717) is 35.0 Å². The van der Waals surface area contributed by atoms with E-state index in [2.05, 4.69) is 5.32 Å². The number of benzene rings is 2. The van der Waals surface area contributed by atoms with E-state index in [1.807, 2.05) is 6.92 Å². The van der Waals surface area contributed by atoms with Crippen LogP contribution in [0, 0.1) is 0 Å². The summed E-state index contributed by atoms with van der Waals surface area (Å²) in [6, 6.07) is 5.77. The zero-order chi connectivity index (χ0) is 29.5. The average molecular weight is 631 g/mol. The monoisotopic (exact) mass is 629 g/mol. The molecule has 0 saturated carbocycles. The van der Waals surface area contributed by atoms with Gasteiger partial charge in [-0.2, -0.15) is 13.2 Å². The van der Waals surface area contributed by atoms with Crippen molar-refractivity contribution in [2.24, 2.45) is 0 Å². The second kappa shape index (κ2) is 13.9. The molecule has 0 radical (unpaired) electrons. The van der Waals surface area contributed by atoms with Gasteiger partial charge in [-0.15, -0.1) is 0 Å². The molecule has 0 aromatic heterocycles. The maximum absolute atomic E-state index is 13.7. The Bertz CT molecular complexity index is 1290. The summed E-state index contributed by atoms with van der Waals surface area (Å²) in [6.07, 6.45) is -2.33. The van der Waals surface area contributed by atoms with Gasteiger partial charge in [0.1, 0.15) is 12.6 Å². The number of halogens is 6. The third kappa shape index (κ3) is 9.16. The minimum atomic E-state index is -4.78. The van der Waals surface area contributed by atoms with E-state index in [0.717, 1.165) is 18.7 Å². The van der Waals surface area contributed by atoms with E-state index in [1.165, 1.54) is 17.0 Å². The number of nitrogens with zero attached hydrogens (tertiary/aromatic N) is 2. The fraction of sp³-hybridized carbons (Fsp3) is 0.440. The smallest absolute Gasteiger partial charge is 0.354 e. The lowest BCUT2D eigenvalue weighted by atomic mass is 10.1. The van der Waals surface area contributed by atoms with Gasteiger partial charge in [-0.1, -0.05) is 61.1 Å². The fourth-order valence-corrected chi connectivity index (χ4v) is 5.18. The summed E-state index contributed by atoms with van der Waals surface area (Å²) in [7, 11) is -4.29. The number of anilines is 1. The molecule has 0 aliphatic heterocycles. The van der Waals surface area contributed by atoms with Crippen LogP contribution in [0.1, 0.15) is 44.2 Å². The largest absolute Gasteiger partial charge is 0.416 e. The number of hydrogen-bond acceptors (Lipinski definition) is 4. The number of hydrogen-bond donors (Lipinski definition) is 1. The zero-order valence-corrected chi connectivity index (χ0v) is 24.6. The highest BCUT2D eigenvalue weighted by Gasteiger charge is 2.35. The number of sulfonamides is 1. The summed E-state index contributed by atoms with van der Waals surface area (Å²) in [5.74, 6) is -1.29. The molecule has 0 unspecified atom stereocenters. The number of rotatable bonds is 12. The molecule has 1 atom stereocenters. The summed E-state index contributed by atoms with van der Waals surface area (Å²) in [5.41, 5.74) is -1.16. The van der Waals surface area contributed by atoms with Crippen LogP contribution >= 0.6 is 34.8 Å². The number of nitrogens with one attached hydrogen (secondary N) is 1. The molecule has 0 saturated heterocycles. The molecule has 0 heterocycles. The molecule has 2 amide bonds. The van der Waals surface area contributed by atoms with Crippen molar-refractivity contribution in [1.29, 1.82) is 0 Å². The van der Waals surface area contributed by atoms with Crippen LogP contribution in [0.2, 0.25) is 15.1 Å². The Balaban J connectivity index is 2.53. The van der Waals surface area contributed by atoms with E-state index < -0.39 is 51.9 Å². The Hall–Kier alpha value is -2.21. The molecule has 0 fully saturated rings. The Morgan fingerprint density at radius 1 is 1.00 bits per heavy atom. The highest BCUT2D eigenvalue weighted by atomic mass is 35.5. The van der Waals surface area contributed by atoms with Gasteiger partial charge in [0.2, 0.25) is 21.8 Å². The molecule has 39 heavy (non-hydrogen) atoms. The van der Waals surface area contributed by atoms with Crippen molar-refractivity contribution in [3.63, 3.8) is 0 Å². The molecule has 0 aliphatic rings. The highest BCUT2D eigenvalue weighted by Crippen LogP contribution is 2.36. The molecular weight excluding hydrogens is 602 g/mol. The lowest BCUT2D eigenvalue weighted by Crippen LogP contribution is -2.52.